The minimum absolute atomic E-state index is 0.165. The van der Waals surface area contributed by atoms with Gasteiger partial charge in [-0.1, -0.05) is 41.9 Å². The zero-order valence-corrected chi connectivity index (χ0v) is 13.6. The van der Waals surface area contributed by atoms with Crippen LogP contribution in [0.25, 0.3) is 11.3 Å². The van der Waals surface area contributed by atoms with E-state index in [1.165, 1.54) is 0 Å². The van der Waals surface area contributed by atoms with Gasteiger partial charge in [-0.15, -0.1) is 0 Å². The van der Waals surface area contributed by atoms with Gasteiger partial charge < -0.3 is 4.74 Å². The normalized spacial score (nSPS) is 12.4. The number of nitrogens with zero attached hydrogens (tertiary/aromatic N) is 2. The monoisotopic (exact) mass is 388 g/mol. The molecule has 0 fully saturated rings. The number of rotatable bonds is 4. The third-order valence-corrected chi connectivity index (χ3v) is 4.27. The van der Waals surface area contributed by atoms with Crippen molar-refractivity contribution in [1.29, 1.82) is 0 Å². The van der Waals surface area contributed by atoms with Crippen molar-refractivity contribution in [3.63, 3.8) is 0 Å². The van der Waals surface area contributed by atoms with E-state index in [1.807, 2.05) is 44.2 Å². The Morgan fingerprint density at radius 2 is 1.95 bits per heavy atom. The number of benzene rings is 1. The van der Waals surface area contributed by atoms with Crippen molar-refractivity contribution in [2.24, 2.45) is 0 Å². The van der Waals surface area contributed by atoms with Gasteiger partial charge in [0, 0.05) is 12.2 Å². The fourth-order valence-electron chi connectivity index (χ4n) is 1.73. The average Bonchev–Trinajstić information content (AvgIpc) is 2.43. The highest BCUT2D eigenvalue weighted by Gasteiger charge is 2.16. The molecule has 0 saturated carbocycles. The van der Waals surface area contributed by atoms with Gasteiger partial charge in [0.15, 0.2) is 5.82 Å². The Hall–Kier alpha value is -0.720. The molecule has 0 N–H and O–H groups in total. The van der Waals surface area contributed by atoms with Crippen LogP contribution in [0.5, 0.6) is 0 Å². The third-order valence-electron chi connectivity index (χ3n) is 2.66. The van der Waals surface area contributed by atoms with Crippen molar-refractivity contribution in [1.82, 2.24) is 9.97 Å². The highest BCUT2D eigenvalue weighted by molar-refractivity contribution is 14.1. The number of hydrogen-bond donors (Lipinski definition) is 0. The zero-order chi connectivity index (χ0) is 13.8. The summed E-state index contributed by atoms with van der Waals surface area (Å²) in [5.74, 6) is 0.617. The third kappa shape index (κ3) is 3.43. The summed E-state index contributed by atoms with van der Waals surface area (Å²) in [7, 11) is 0. The predicted octanol–water partition coefficient (Wildman–Crippen LogP) is 4.50. The summed E-state index contributed by atoms with van der Waals surface area (Å²) in [6, 6.07) is 9.95. The minimum Gasteiger partial charge on any atom is -0.371 e. The molecule has 0 spiro atoms. The van der Waals surface area contributed by atoms with Crippen LogP contribution in [0.1, 0.15) is 25.8 Å². The molecule has 0 radical (unpaired) electrons. The lowest BCUT2D eigenvalue weighted by Crippen LogP contribution is -2.07. The molecule has 0 bridgehead atoms. The van der Waals surface area contributed by atoms with E-state index in [1.54, 1.807) is 0 Å². The number of ether oxygens (including phenoxy) is 1. The Morgan fingerprint density at radius 3 is 2.58 bits per heavy atom. The van der Waals surface area contributed by atoms with E-state index in [-0.39, 0.29) is 6.10 Å². The van der Waals surface area contributed by atoms with Crippen LogP contribution in [0.3, 0.4) is 0 Å². The first kappa shape index (κ1) is 14.7. The average molecular weight is 389 g/mol. The Balaban J connectivity index is 2.49. The molecule has 2 aromatic rings. The molecule has 0 aliphatic rings. The van der Waals surface area contributed by atoms with Crippen LogP contribution in [0.4, 0.5) is 0 Å². The molecule has 0 aliphatic heterocycles. The SMILES string of the molecule is CCOC(C)c1nc(Cl)c(I)c(-c2ccccc2)n1. The first-order valence-electron chi connectivity index (χ1n) is 6.03. The van der Waals surface area contributed by atoms with E-state index in [2.05, 4.69) is 32.6 Å². The number of halogens is 2. The van der Waals surface area contributed by atoms with Crippen LogP contribution >= 0.6 is 34.2 Å². The van der Waals surface area contributed by atoms with Crippen molar-refractivity contribution in [2.75, 3.05) is 6.61 Å². The quantitative estimate of drug-likeness (QED) is 0.571. The summed E-state index contributed by atoms with van der Waals surface area (Å²) in [5, 5.41) is 0.469. The first-order valence-corrected chi connectivity index (χ1v) is 7.49. The topological polar surface area (TPSA) is 35.0 Å². The van der Waals surface area contributed by atoms with E-state index in [0.717, 1.165) is 14.8 Å². The lowest BCUT2D eigenvalue weighted by Gasteiger charge is -2.13. The van der Waals surface area contributed by atoms with Crippen LogP contribution in [-0.2, 0) is 4.74 Å². The van der Waals surface area contributed by atoms with Crippen LogP contribution in [0, 0.1) is 3.57 Å². The van der Waals surface area contributed by atoms with Crippen molar-refractivity contribution in [3.05, 3.63) is 44.9 Å². The maximum atomic E-state index is 6.20. The lowest BCUT2D eigenvalue weighted by molar-refractivity contribution is 0.0701. The first-order chi connectivity index (χ1) is 9.13. The molecular weight excluding hydrogens is 375 g/mol. The second-order valence-corrected chi connectivity index (χ2v) is 5.44. The van der Waals surface area contributed by atoms with Crippen molar-refractivity contribution >= 4 is 34.2 Å². The molecule has 1 aromatic carbocycles. The zero-order valence-electron chi connectivity index (χ0n) is 10.7. The fourth-order valence-corrected chi connectivity index (χ4v) is 2.46. The number of aromatic nitrogens is 2. The van der Waals surface area contributed by atoms with Gasteiger partial charge in [-0.25, -0.2) is 9.97 Å². The molecule has 2 rings (SSSR count). The molecule has 0 amide bonds. The Bertz CT molecular complexity index is 563. The van der Waals surface area contributed by atoms with Gasteiger partial charge in [0.25, 0.3) is 0 Å². The second-order valence-electron chi connectivity index (χ2n) is 4.00. The van der Waals surface area contributed by atoms with E-state index in [9.17, 15) is 0 Å². The molecule has 1 aromatic heterocycles. The Morgan fingerprint density at radius 1 is 1.26 bits per heavy atom. The maximum absolute atomic E-state index is 6.20. The summed E-state index contributed by atoms with van der Waals surface area (Å²) >= 11 is 8.37. The summed E-state index contributed by atoms with van der Waals surface area (Å²) < 4.78 is 6.39. The van der Waals surface area contributed by atoms with Crippen LogP contribution in [-0.4, -0.2) is 16.6 Å². The van der Waals surface area contributed by atoms with Gasteiger partial charge >= 0.3 is 0 Å². The molecule has 3 nitrogen and oxygen atoms in total. The standard InChI is InChI=1S/C14H14ClIN2O/c1-3-19-9(2)14-17-12(11(16)13(15)18-14)10-7-5-4-6-8-10/h4-9H,3H2,1-2H3. The van der Waals surface area contributed by atoms with Gasteiger partial charge in [0.05, 0.1) is 9.26 Å². The highest BCUT2D eigenvalue weighted by Crippen LogP contribution is 2.29. The van der Waals surface area contributed by atoms with Gasteiger partial charge in [-0.3, -0.25) is 0 Å². The van der Waals surface area contributed by atoms with E-state index in [0.29, 0.717) is 17.6 Å². The summed E-state index contributed by atoms with van der Waals surface area (Å²) in [5.41, 5.74) is 1.88. The van der Waals surface area contributed by atoms with Crippen molar-refractivity contribution < 1.29 is 4.74 Å². The van der Waals surface area contributed by atoms with Crippen molar-refractivity contribution in [3.8, 4) is 11.3 Å². The maximum Gasteiger partial charge on any atom is 0.159 e. The van der Waals surface area contributed by atoms with Gasteiger partial charge in [0.1, 0.15) is 11.3 Å². The smallest absolute Gasteiger partial charge is 0.159 e. The molecule has 19 heavy (non-hydrogen) atoms. The van der Waals surface area contributed by atoms with Crippen molar-refractivity contribution in [2.45, 2.75) is 20.0 Å². The largest absolute Gasteiger partial charge is 0.371 e. The predicted molar refractivity (Wildman–Crippen MR) is 85.2 cm³/mol. The summed E-state index contributed by atoms with van der Waals surface area (Å²) in [6.07, 6.45) is -0.165. The summed E-state index contributed by atoms with van der Waals surface area (Å²) in [6.45, 7) is 4.49. The molecule has 5 heteroatoms. The number of hydrogen-bond acceptors (Lipinski definition) is 3. The van der Waals surface area contributed by atoms with E-state index in [4.69, 9.17) is 16.3 Å². The Kier molecular flexibility index (Phi) is 5.13. The lowest BCUT2D eigenvalue weighted by atomic mass is 10.1. The molecule has 1 heterocycles. The van der Waals surface area contributed by atoms with E-state index < -0.39 is 0 Å². The highest BCUT2D eigenvalue weighted by atomic mass is 127. The molecule has 100 valence electrons. The second kappa shape index (κ2) is 6.63. The molecule has 0 aliphatic carbocycles. The Labute approximate surface area is 131 Å². The van der Waals surface area contributed by atoms with Gasteiger partial charge in [0.2, 0.25) is 0 Å². The van der Waals surface area contributed by atoms with Gasteiger partial charge in [-0.2, -0.15) is 0 Å². The summed E-state index contributed by atoms with van der Waals surface area (Å²) in [4.78, 5) is 8.89. The molecule has 1 unspecified atom stereocenters. The van der Waals surface area contributed by atoms with Gasteiger partial charge in [-0.05, 0) is 36.4 Å². The van der Waals surface area contributed by atoms with Crippen LogP contribution in [0.2, 0.25) is 5.15 Å². The van der Waals surface area contributed by atoms with Crippen LogP contribution in [0.15, 0.2) is 30.3 Å². The molecule has 0 saturated heterocycles. The van der Waals surface area contributed by atoms with Crippen LogP contribution < -0.4 is 0 Å². The van der Waals surface area contributed by atoms with E-state index >= 15 is 0 Å². The molecular formula is C14H14ClIN2O. The molecule has 1 atom stereocenters. The minimum atomic E-state index is -0.165. The fraction of sp³-hybridized carbons (Fsp3) is 0.286.